The first kappa shape index (κ1) is 22.3. The van der Waals surface area contributed by atoms with Crippen LogP contribution in [0.25, 0.3) is 0 Å². The highest BCUT2D eigenvalue weighted by Crippen LogP contribution is 2.34. The summed E-state index contributed by atoms with van der Waals surface area (Å²) in [7, 11) is 0. The Morgan fingerprint density at radius 2 is 1.04 bits per heavy atom. The molecule has 1 aliphatic carbocycles. The van der Waals surface area contributed by atoms with Crippen LogP contribution in [-0.4, -0.2) is 36.7 Å². The van der Waals surface area contributed by atoms with Crippen LogP contribution in [0.1, 0.15) is 78.1 Å². The Bertz CT molecular complexity index is 433. The van der Waals surface area contributed by atoms with Gasteiger partial charge in [0.05, 0.1) is 13.2 Å². The minimum Gasteiger partial charge on any atom is -0.466 e. The molecule has 1 rings (SSSR count). The molecule has 0 spiro atoms. The fourth-order valence-electron chi connectivity index (χ4n) is 3.46. The summed E-state index contributed by atoms with van der Waals surface area (Å²) in [6, 6.07) is 0. The molecule has 1 aliphatic rings. The number of ketones is 2. The van der Waals surface area contributed by atoms with Crippen LogP contribution in [-0.2, 0) is 28.7 Å². The standard InChI is InChI=1S/C20H32O6/c1-3-25-19(23)13-17(21)11-9-15-5-7-16(8-6-15)10-12-18(22)14-20(24)26-4-2/h15-16H,3-14H2,1-2H3. The van der Waals surface area contributed by atoms with Gasteiger partial charge in [-0.15, -0.1) is 0 Å². The molecular formula is C20H32O6. The second-order valence-electron chi connectivity index (χ2n) is 7.01. The second-order valence-corrected chi connectivity index (χ2v) is 7.01. The monoisotopic (exact) mass is 368 g/mol. The molecule has 1 saturated carbocycles. The zero-order valence-electron chi connectivity index (χ0n) is 16.1. The van der Waals surface area contributed by atoms with E-state index in [2.05, 4.69) is 0 Å². The van der Waals surface area contributed by atoms with Gasteiger partial charge in [-0.1, -0.05) is 25.7 Å². The van der Waals surface area contributed by atoms with Gasteiger partial charge in [0.2, 0.25) is 0 Å². The van der Waals surface area contributed by atoms with Crippen LogP contribution in [0.15, 0.2) is 0 Å². The molecule has 0 aromatic heterocycles. The third kappa shape index (κ3) is 9.68. The largest absolute Gasteiger partial charge is 0.466 e. The van der Waals surface area contributed by atoms with E-state index >= 15 is 0 Å². The van der Waals surface area contributed by atoms with Gasteiger partial charge in [-0.05, 0) is 38.5 Å². The van der Waals surface area contributed by atoms with E-state index in [4.69, 9.17) is 9.47 Å². The summed E-state index contributed by atoms with van der Waals surface area (Å²) < 4.78 is 9.57. The van der Waals surface area contributed by atoms with Crippen LogP contribution in [0, 0.1) is 11.8 Å². The Labute approximate surface area is 156 Å². The van der Waals surface area contributed by atoms with Crippen LogP contribution in [0.5, 0.6) is 0 Å². The zero-order valence-corrected chi connectivity index (χ0v) is 16.1. The normalized spacial score (nSPS) is 19.6. The summed E-state index contributed by atoms with van der Waals surface area (Å²) in [5.41, 5.74) is 0. The molecule has 26 heavy (non-hydrogen) atoms. The maximum Gasteiger partial charge on any atom is 0.313 e. The highest BCUT2D eigenvalue weighted by Gasteiger charge is 2.23. The van der Waals surface area contributed by atoms with Crippen LogP contribution in [0.2, 0.25) is 0 Å². The van der Waals surface area contributed by atoms with Crippen molar-refractivity contribution >= 4 is 23.5 Å². The van der Waals surface area contributed by atoms with Crippen LogP contribution in [0.4, 0.5) is 0 Å². The zero-order chi connectivity index (χ0) is 19.4. The van der Waals surface area contributed by atoms with Crippen molar-refractivity contribution in [2.75, 3.05) is 13.2 Å². The van der Waals surface area contributed by atoms with Crippen LogP contribution < -0.4 is 0 Å². The molecule has 0 aromatic rings. The lowest BCUT2D eigenvalue weighted by molar-refractivity contribution is -0.147. The molecular weight excluding hydrogens is 336 g/mol. The predicted octanol–water partition coefficient (Wildman–Crippen LogP) is 3.40. The first-order valence-corrected chi connectivity index (χ1v) is 9.79. The Morgan fingerprint density at radius 3 is 1.35 bits per heavy atom. The molecule has 0 N–H and O–H groups in total. The molecule has 148 valence electrons. The Morgan fingerprint density at radius 1 is 0.692 bits per heavy atom. The minimum atomic E-state index is -0.436. The van der Waals surface area contributed by atoms with E-state index in [-0.39, 0.29) is 24.4 Å². The Hall–Kier alpha value is -1.72. The van der Waals surface area contributed by atoms with E-state index in [0.717, 1.165) is 38.5 Å². The quantitative estimate of drug-likeness (QED) is 0.388. The van der Waals surface area contributed by atoms with Gasteiger partial charge in [0.25, 0.3) is 0 Å². The maximum absolute atomic E-state index is 11.8. The molecule has 6 heteroatoms. The lowest BCUT2D eigenvalue weighted by atomic mass is 9.78. The number of hydrogen-bond acceptors (Lipinski definition) is 6. The number of hydrogen-bond donors (Lipinski definition) is 0. The third-order valence-electron chi connectivity index (χ3n) is 4.92. The minimum absolute atomic E-state index is 0.0462. The lowest BCUT2D eigenvalue weighted by Gasteiger charge is -2.28. The summed E-state index contributed by atoms with van der Waals surface area (Å²) >= 11 is 0. The maximum atomic E-state index is 11.8. The first-order valence-electron chi connectivity index (χ1n) is 9.79. The summed E-state index contributed by atoms with van der Waals surface area (Å²) in [6.07, 6.45) is 6.52. The van der Waals surface area contributed by atoms with Crippen molar-refractivity contribution in [3.05, 3.63) is 0 Å². The summed E-state index contributed by atoms with van der Waals surface area (Å²) in [5.74, 6) is 0.0768. The van der Waals surface area contributed by atoms with E-state index in [0.29, 0.717) is 37.9 Å². The highest BCUT2D eigenvalue weighted by atomic mass is 16.5. The molecule has 6 nitrogen and oxygen atoms in total. The Kier molecular flexibility index (Phi) is 10.8. The number of carbonyl (C=O) groups is 4. The molecule has 0 radical (unpaired) electrons. The van der Waals surface area contributed by atoms with Gasteiger partial charge in [-0.3, -0.25) is 19.2 Å². The molecule has 0 aliphatic heterocycles. The highest BCUT2D eigenvalue weighted by molar-refractivity contribution is 5.95. The van der Waals surface area contributed by atoms with Gasteiger partial charge in [-0.2, -0.15) is 0 Å². The van der Waals surface area contributed by atoms with Crippen molar-refractivity contribution < 1.29 is 28.7 Å². The van der Waals surface area contributed by atoms with Gasteiger partial charge < -0.3 is 9.47 Å². The van der Waals surface area contributed by atoms with Crippen LogP contribution in [0.3, 0.4) is 0 Å². The average Bonchev–Trinajstić information content (AvgIpc) is 2.59. The fourth-order valence-corrected chi connectivity index (χ4v) is 3.46. The molecule has 0 atom stereocenters. The van der Waals surface area contributed by atoms with Gasteiger partial charge in [0.15, 0.2) is 0 Å². The molecule has 1 fully saturated rings. The lowest BCUT2D eigenvalue weighted by Crippen LogP contribution is -2.18. The smallest absolute Gasteiger partial charge is 0.313 e. The number of carbonyl (C=O) groups excluding carboxylic acids is 4. The number of Topliss-reactive ketones (excluding diaryl/α,β-unsaturated/α-hetero) is 2. The summed E-state index contributed by atoms with van der Waals surface area (Å²) in [6.45, 7) is 4.06. The van der Waals surface area contributed by atoms with Gasteiger partial charge >= 0.3 is 11.9 Å². The first-order chi connectivity index (χ1) is 12.4. The summed E-state index contributed by atoms with van der Waals surface area (Å²) in [4.78, 5) is 46.1. The van der Waals surface area contributed by atoms with E-state index in [1.165, 1.54) is 0 Å². The second kappa shape index (κ2) is 12.6. The van der Waals surface area contributed by atoms with Crippen molar-refractivity contribution in [2.24, 2.45) is 11.8 Å². The number of esters is 2. The van der Waals surface area contributed by atoms with Crippen molar-refractivity contribution in [2.45, 2.75) is 78.1 Å². The third-order valence-corrected chi connectivity index (χ3v) is 4.92. The molecule has 0 unspecified atom stereocenters. The van der Waals surface area contributed by atoms with E-state index < -0.39 is 11.9 Å². The number of ether oxygens (including phenoxy) is 2. The molecule has 0 heterocycles. The summed E-state index contributed by atoms with van der Waals surface area (Å²) in [5, 5.41) is 0. The molecule has 0 saturated heterocycles. The van der Waals surface area contributed by atoms with Gasteiger partial charge in [-0.25, -0.2) is 0 Å². The van der Waals surface area contributed by atoms with E-state index in [9.17, 15) is 19.2 Å². The Balaban J connectivity index is 2.14. The van der Waals surface area contributed by atoms with Crippen LogP contribution >= 0.6 is 0 Å². The van der Waals surface area contributed by atoms with E-state index in [1.54, 1.807) is 13.8 Å². The van der Waals surface area contributed by atoms with Crippen molar-refractivity contribution in [3.8, 4) is 0 Å². The van der Waals surface area contributed by atoms with Gasteiger partial charge in [0.1, 0.15) is 24.4 Å². The molecule has 0 amide bonds. The van der Waals surface area contributed by atoms with Crippen molar-refractivity contribution in [1.82, 2.24) is 0 Å². The average molecular weight is 368 g/mol. The van der Waals surface area contributed by atoms with E-state index in [1.807, 2.05) is 0 Å². The molecule has 0 aromatic carbocycles. The van der Waals surface area contributed by atoms with Crippen molar-refractivity contribution in [3.63, 3.8) is 0 Å². The molecule has 0 bridgehead atoms. The predicted molar refractivity (Wildman–Crippen MR) is 96.4 cm³/mol. The SMILES string of the molecule is CCOC(=O)CC(=O)CCC1CCC(CCC(=O)CC(=O)OCC)CC1. The fraction of sp³-hybridized carbons (Fsp3) is 0.800. The van der Waals surface area contributed by atoms with Gasteiger partial charge in [0, 0.05) is 12.8 Å². The van der Waals surface area contributed by atoms with Crippen molar-refractivity contribution in [1.29, 1.82) is 0 Å². The topological polar surface area (TPSA) is 86.7 Å². The number of rotatable bonds is 12.